The summed E-state index contributed by atoms with van der Waals surface area (Å²) in [6, 6.07) is 15.6. The molecule has 0 saturated carbocycles. The van der Waals surface area contributed by atoms with E-state index in [4.69, 9.17) is 4.74 Å². The number of imide groups is 2. The van der Waals surface area contributed by atoms with Crippen LogP contribution in [0.15, 0.2) is 66.2 Å². The molecule has 4 amide bonds. The third-order valence-electron chi connectivity index (χ3n) is 4.81. The van der Waals surface area contributed by atoms with E-state index in [2.05, 4.69) is 73.1 Å². The second-order valence-electron chi connectivity index (χ2n) is 7.16. The number of nitrogens with one attached hydrogen (secondary N) is 1. The second-order valence-corrected chi connectivity index (χ2v) is 10.7. The lowest BCUT2D eigenvalue weighted by atomic mass is 10.1. The van der Waals surface area contributed by atoms with Crippen LogP contribution >= 0.6 is 67.8 Å². The lowest BCUT2D eigenvalue weighted by Gasteiger charge is -2.26. The molecule has 0 bridgehead atoms. The molecule has 172 valence electrons. The number of halogens is 4. The van der Waals surface area contributed by atoms with Gasteiger partial charge in [0.05, 0.1) is 12.8 Å². The predicted molar refractivity (Wildman–Crippen MR) is 151 cm³/mol. The molecule has 1 N–H and O–H groups in total. The van der Waals surface area contributed by atoms with Crippen LogP contribution in [-0.2, 0) is 16.2 Å². The molecule has 3 aromatic carbocycles. The maximum absolute atomic E-state index is 13.3. The van der Waals surface area contributed by atoms with Gasteiger partial charge in [0.25, 0.3) is 11.8 Å². The third-order valence-corrected chi connectivity index (χ3v) is 7.14. The number of nitrogens with zero attached hydrogens (tertiary/aromatic N) is 1. The van der Waals surface area contributed by atoms with E-state index in [1.165, 1.54) is 18.2 Å². The third kappa shape index (κ3) is 5.59. The van der Waals surface area contributed by atoms with Crippen LogP contribution in [0, 0.1) is 16.5 Å². The van der Waals surface area contributed by atoms with Crippen molar-refractivity contribution in [3.8, 4) is 5.75 Å². The second kappa shape index (κ2) is 10.7. The van der Waals surface area contributed by atoms with Crippen LogP contribution in [0.25, 0.3) is 6.08 Å². The summed E-state index contributed by atoms with van der Waals surface area (Å²) in [5.41, 5.74) is 1.59. The number of rotatable bonds is 5. The van der Waals surface area contributed by atoms with Crippen molar-refractivity contribution in [1.82, 2.24) is 5.32 Å². The molecule has 0 atom stereocenters. The highest BCUT2D eigenvalue weighted by Gasteiger charge is 2.36. The van der Waals surface area contributed by atoms with Gasteiger partial charge in [-0.3, -0.25) is 14.9 Å². The summed E-state index contributed by atoms with van der Waals surface area (Å²) in [6.45, 7) is 0.402. The van der Waals surface area contributed by atoms with Crippen molar-refractivity contribution in [1.29, 1.82) is 0 Å². The molecule has 0 spiro atoms. The number of hydrogen-bond acceptors (Lipinski definition) is 4. The Hall–Kier alpha value is -2.07. The Bertz CT molecular complexity index is 1300. The largest absolute Gasteiger partial charge is 0.487 e. The Labute approximate surface area is 235 Å². The monoisotopic (exact) mass is 794 g/mol. The molecule has 1 aliphatic rings. The number of hydrogen-bond donors (Lipinski definition) is 1. The molecule has 6 nitrogen and oxygen atoms in total. The fourth-order valence-electron chi connectivity index (χ4n) is 3.19. The topological polar surface area (TPSA) is 75.7 Å². The zero-order valence-electron chi connectivity index (χ0n) is 17.2. The molecule has 0 aliphatic carbocycles. The summed E-state index contributed by atoms with van der Waals surface area (Å²) in [4.78, 5) is 38.5. The Balaban J connectivity index is 1.60. The van der Waals surface area contributed by atoms with Gasteiger partial charge < -0.3 is 4.74 Å². The lowest BCUT2D eigenvalue weighted by molar-refractivity contribution is -0.122. The molecular formula is C24H14FI3N2O4. The molecule has 10 heteroatoms. The van der Waals surface area contributed by atoms with Gasteiger partial charge in [-0.25, -0.2) is 14.1 Å². The molecule has 0 radical (unpaired) electrons. The number of amides is 4. The standard InChI is InChI=1S/C24H14FI3N2O4/c25-15-3-7-17(8-4-15)30-23(32)18(22(31)29-24(30)33)9-14-10-19(27)21(20(28)11-14)34-12-13-1-5-16(26)6-2-13/h1-11H,12H2,(H,29,31,33)/b18-9+. The van der Waals surface area contributed by atoms with E-state index < -0.39 is 23.7 Å². The molecule has 1 heterocycles. The summed E-state index contributed by atoms with van der Waals surface area (Å²) in [7, 11) is 0. The minimum atomic E-state index is -0.887. The van der Waals surface area contributed by atoms with E-state index in [1.54, 1.807) is 12.1 Å². The van der Waals surface area contributed by atoms with Crippen molar-refractivity contribution in [2.24, 2.45) is 0 Å². The van der Waals surface area contributed by atoms with E-state index in [0.717, 1.165) is 33.3 Å². The lowest BCUT2D eigenvalue weighted by Crippen LogP contribution is -2.54. The van der Waals surface area contributed by atoms with Crippen LogP contribution in [0.5, 0.6) is 5.75 Å². The number of carbonyl (C=O) groups excluding carboxylic acids is 3. The number of benzene rings is 3. The molecule has 1 fully saturated rings. The first kappa shape index (κ1) is 25.0. The molecule has 0 aromatic heterocycles. The summed E-state index contributed by atoms with van der Waals surface area (Å²) < 4.78 is 22.0. The van der Waals surface area contributed by atoms with Crippen molar-refractivity contribution in [2.45, 2.75) is 6.61 Å². The van der Waals surface area contributed by atoms with Crippen LogP contribution in [0.4, 0.5) is 14.9 Å². The highest BCUT2D eigenvalue weighted by molar-refractivity contribution is 14.1. The van der Waals surface area contributed by atoms with E-state index in [0.29, 0.717) is 17.9 Å². The van der Waals surface area contributed by atoms with Gasteiger partial charge in [-0.05, 0) is 134 Å². The highest BCUT2D eigenvalue weighted by Crippen LogP contribution is 2.31. The van der Waals surface area contributed by atoms with Crippen LogP contribution in [0.3, 0.4) is 0 Å². The Morgan fingerprint density at radius 1 is 0.912 bits per heavy atom. The average Bonchev–Trinajstić information content (AvgIpc) is 2.78. The van der Waals surface area contributed by atoms with Gasteiger partial charge in [-0.1, -0.05) is 12.1 Å². The average molecular weight is 794 g/mol. The highest BCUT2D eigenvalue weighted by atomic mass is 127. The van der Waals surface area contributed by atoms with Crippen molar-refractivity contribution in [2.75, 3.05) is 4.90 Å². The first-order valence-corrected chi connectivity index (χ1v) is 13.0. The van der Waals surface area contributed by atoms with Crippen LogP contribution in [0.1, 0.15) is 11.1 Å². The Kier molecular flexibility index (Phi) is 7.87. The molecule has 1 saturated heterocycles. The Morgan fingerprint density at radius 3 is 2.15 bits per heavy atom. The van der Waals surface area contributed by atoms with Gasteiger partial charge in [0, 0.05) is 3.57 Å². The quantitative estimate of drug-likeness (QED) is 0.199. The van der Waals surface area contributed by atoms with Crippen molar-refractivity contribution in [3.05, 3.63) is 93.9 Å². The van der Waals surface area contributed by atoms with E-state index >= 15 is 0 Å². The minimum absolute atomic E-state index is 0.158. The normalized spacial score (nSPS) is 15.0. The number of barbiturate groups is 1. The first-order chi connectivity index (χ1) is 16.2. The van der Waals surface area contributed by atoms with Crippen LogP contribution < -0.4 is 15.0 Å². The van der Waals surface area contributed by atoms with Crippen molar-refractivity contribution < 1.29 is 23.5 Å². The molecular weight excluding hydrogens is 780 g/mol. The molecule has 4 rings (SSSR count). The number of carbonyl (C=O) groups is 3. The number of anilines is 1. The molecule has 34 heavy (non-hydrogen) atoms. The van der Waals surface area contributed by atoms with Gasteiger partial charge in [0.15, 0.2) is 0 Å². The minimum Gasteiger partial charge on any atom is -0.487 e. The molecule has 0 unspecified atom stereocenters. The first-order valence-electron chi connectivity index (χ1n) is 9.76. The molecule has 3 aromatic rings. The van der Waals surface area contributed by atoms with E-state index in [-0.39, 0.29) is 11.3 Å². The summed E-state index contributed by atoms with van der Waals surface area (Å²) in [6.07, 6.45) is 1.42. The molecule has 1 aliphatic heterocycles. The zero-order chi connectivity index (χ0) is 24.4. The predicted octanol–water partition coefficient (Wildman–Crippen LogP) is 5.88. The van der Waals surface area contributed by atoms with E-state index in [9.17, 15) is 18.8 Å². The van der Waals surface area contributed by atoms with Gasteiger partial charge in [0.1, 0.15) is 23.7 Å². The Morgan fingerprint density at radius 2 is 1.53 bits per heavy atom. The number of ether oxygens (including phenoxy) is 1. The van der Waals surface area contributed by atoms with Crippen LogP contribution in [-0.4, -0.2) is 17.8 Å². The summed E-state index contributed by atoms with van der Waals surface area (Å²) in [5.74, 6) is -1.39. The zero-order valence-corrected chi connectivity index (χ0v) is 23.6. The summed E-state index contributed by atoms with van der Waals surface area (Å²) >= 11 is 6.52. The van der Waals surface area contributed by atoms with E-state index in [1.807, 2.05) is 24.3 Å². The fourth-order valence-corrected chi connectivity index (χ4v) is 5.67. The maximum Gasteiger partial charge on any atom is 0.335 e. The van der Waals surface area contributed by atoms with Gasteiger partial charge in [0.2, 0.25) is 0 Å². The SMILES string of the molecule is O=C1NC(=O)N(c2ccc(F)cc2)C(=O)/C1=C/c1cc(I)c(OCc2ccc(I)cc2)c(I)c1. The van der Waals surface area contributed by atoms with Gasteiger partial charge in [-0.2, -0.15) is 0 Å². The van der Waals surface area contributed by atoms with Crippen molar-refractivity contribution in [3.63, 3.8) is 0 Å². The smallest absolute Gasteiger partial charge is 0.335 e. The fraction of sp³-hybridized carbons (Fsp3) is 0.0417. The van der Waals surface area contributed by atoms with Crippen molar-refractivity contribution >= 4 is 97.4 Å². The van der Waals surface area contributed by atoms with Gasteiger partial charge >= 0.3 is 6.03 Å². The van der Waals surface area contributed by atoms with Gasteiger partial charge in [-0.15, -0.1) is 0 Å². The van der Waals surface area contributed by atoms with Crippen LogP contribution in [0.2, 0.25) is 0 Å². The summed E-state index contributed by atoms with van der Waals surface area (Å²) in [5, 5.41) is 2.16. The number of urea groups is 1. The maximum atomic E-state index is 13.3.